The van der Waals surface area contributed by atoms with Crippen molar-refractivity contribution in [2.24, 2.45) is 0 Å². The fourth-order valence-corrected chi connectivity index (χ4v) is 5.32. The molecule has 0 atom stereocenters. The minimum atomic E-state index is -5.01. The van der Waals surface area contributed by atoms with Gasteiger partial charge in [-0.1, -0.05) is 0 Å². The molecule has 17 heteroatoms. The molecule has 0 radical (unpaired) electrons. The van der Waals surface area contributed by atoms with Crippen molar-refractivity contribution >= 4 is 57.3 Å². The zero-order chi connectivity index (χ0) is 22.3. The van der Waals surface area contributed by atoms with E-state index in [0.29, 0.717) is 22.0 Å². The number of fused-ring (bicyclic) bond motifs is 1. The van der Waals surface area contributed by atoms with Crippen molar-refractivity contribution in [2.75, 3.05) is 18.3 Å². The van der Waals surface area contributed by atoms with Gasteiger partial charge in [0.1, 0.15) is 26.0 Å². The Bertz CT molecular complexity index is 1400. The minimum absolute atomic E-state index is 0. The quantitative estimate of drug-likeness (QED) is 0.184. The van der Waals surface area contributed by atoms with Gasteiger partial charge in [-0.3, -0.25) is 0 Å². The summed E-state index contributed by atoms with van der Waals surface area (Å²) in [4.78, 5) is 2.23. The molecule has 11 nitrogen and oxygen atoms in total. The van der Waals surface area contributed by atoms with Gasteiger partial charge in [0.2, 0.25) is 14.2 Å². The van der Waals surface area contributed by atoms with Gasteiger partial charge >= 0.3 is 37.7 Å². The molecule has 0 unspecified atom stereocenters. The van der Waals surface area contributed by atoms with Crippen LogP contribution in [0.1, 0.15) is 0 Å². The van der Waals surface area contributed by atoms with Crippen molar-refractivity contribution in [2.45, 2.75) is 14.1 Å². The summed E-state index contributed by atoms with van der Waals surface area (Å²) in [6.07, 6.45) is 1.04. The van der Waals surface area contributed by atoms with E-state index in [1.54, 1.807) is 6.07 Å². The van der Waals surface area contributed by atoms with Crippen molar-refractivity contribution in [1.82, 2.24) is 4.98 Å². The number of hydrogen-bond acceptors (Lipinski definition) is 12. The van der Waals surface area contributed by atoms with E-state index >= 15 is 0 Å². The zero-order valence-electron chi connectivity index (χ0n) is 16.9. The van der Waals surface area contributed by atoms with Crippen molar-refractivity contribution in [3.05, 3.63) is 36.4 Å². The monoisotopic (exact) mass is 506 g/mol. The molecule has 32 heavy (non-hydrogen) atoms. The molecule has 0 aliphatic rings. The Balaban J connectivity index is 0.00000256. The van der Waals surface area contributed by atoms with Crippen LogP contribution in [0, 0.1) is 0 Å². The van der Waals surface area contributed by atoms with E-state index in [1.807, 2.05) is 0 Å². The molecule has 1 heterocycles. The van der Waals surface area contributed by atoms with E-state index in [0.717, 1.165) is 29.7 Å². The molecule has 3 rings (SSSR count). The van der Waals surface area contributed by atoms with Gasteiger partial charge < -0.3 is 19.2 Å². The molecule has 0 saturated heterocycles. The molecule has 1 N–H and O–H groups in total. The molecule has 0 saturated carbocycles. The topological polar surface area (TPSA) is 183 Å². The molecular formula is C15H12Li2N2O9S4. The maximum atomic E-state index is 11.6. The molecule has 162 valence electrons. The Morgan fingerprint density at radius 1 is 0.938 bits per heavy atom. The maximum Gasteiger partial charge on any atom is 1.00 e. The summed E-state index contributed by atoms with van der Waals surface area (Å²) in [6.45, 7) is -0.288. The van der Waals surface area contributed by atoms with Crippen LogP contribution in [0.15, 0.2) is 50.5 Å². The summed E-state index contributed by atoms with van der Waals surface area (Å²) in [5, 5.41) is 2.56. The number of nitrogens with zero attached hydrogens (tertiary/aromatic N) is 1. The fourth-order valence-electron chi connectivity index (χ4n) is 2.30. The van der Waals surface area contributed by atoms with E-state index < -0.39 is 39.9 Å². The molecule has 2 aromatic carbocycles. The predicted octanol–water partition coefficient (Wildman–Crippen LogP) is -5.04. The van der Waals surface area contributed by atoms with E-state index in [-0.39, 0.29) is 54.5 Å². The predicted molar refractivity (Wildman–Crippen MR) is 104 cm³/mol. The van der Waals surface area contributed by atoms with Crippen LogP contribution in [0.2, 0.25) is 0 Å². The summed E-state index contributed by atoms with van der Waals surface area (Å²) in [6, 6.07) is 6.81. The van der Waals surface area contributed by atoms with E-state index in [4.69, 9.17) is 4.74 Å². The molecule has 0 fully saturated rings. The van der Waals surface area contributed by atoms with Crippen molar-refractivity contribution in [1.29, 1.82) is 0 Å². The first-order chi connectivity index (χ1) is 13.7. The second-order valence-corrected chi connectivity index (χ2v) is 11.9. The number of rotatable bonds is 7. The average Bonchev–Trinajstić information content (AvgIpc) is 3.04. The van der Waals surface area contributed by atoms with Crippen molar-refractivity contribution in [3.8, 4) is 5.75 Å². The molecule has 0 bridgehead atoms. The summed E-state index contributed by atoms with van der Waals surface area (Å²) in [5.74, 6) is 0.308. The second kappa shape index (κ2) is 10.4. The Morgan fingerprint density at radius 2 is 1.50 bits per heavy atom. The van der Waals surface area contributed by atoms with Crippen LogP contribution in [-0.4, -0.2) is 52.3 Å². The maximum absolute atomic E-state index is 11.6. The van der Waals surface area contributed by atoms with Crippen LogP contribution in [-0.2, 0) is 30.1 Å². The van der Waals surface area contributed by atoms with Crippen LogP contribution in [0.3, 0.4) is 0 Å². The smallest absolute Gasteiger partial charge is 0.744 e. The number of sulfone groups is 1. The van der Waals surface area contributed by atoms with E-state index in [9.17, 15) is 34.4 Å². The number of ether oxygens (including phenoxy) is 1. The summed E-state index contributed by atoms with van der Waals surface area (Å²) < 4.78 is 96.3. The number of hydrogen-bond donors (Lipinski definition) is 1. The first-order valence-corrected chi connectivity index (χ1v) is 13.3. The molecule has 0 aliphatic carbocycles. The first-order valence-electron chi connectivity index (χ1n) is 7.78. The molecule has 0 amide bonds. The van der Waals surface area contributed by atoms with Crippen LogP contribution < -0.4 is 47.8 Å². The number of anilines is 1. The summed E-state index contributed by atoms with van der Waals surface area (Å²) >= 11 is 0.955. The molecular weight excluding hydrogens is 494 g/mol. The molecule has 3 aromatic rings. The Labute approximate surface area is 212 Å². The fraction of sp³-hybridized carbons (Fsp3) is 0.133. The van der Waals surface area contributed by atoms with Crippen LogP contribution in [0.4, 0.5) is 5.69 Å². The summed E-state index contributed by atoms with van der Waals surface area (Å²) in [5.41, 5.74) is 0.318. The molecule has 0 aliphatic heterocycles. The standard InChI is InChI=1S/C15H14N2O9S4.2Li/c1-28(18,19)15-17-13-3-2-10(6-14(13)27-15)26-8-16-9-4-11(29(20,21)22)7-12(5-9)30(23,24)25;;/h2-7,16H,8H2,1H3,(H,20,21,22)(H,23,24,25);;/q;2*+1/p-2. The second-order valence-electron chi connectivity index (χ2n) is 5.95. The Morgan fingerprint density at radius 3 is 2.00 bits per heavy atom. The van der Waals surface area contributed by atoms with Gasteiger partial charge in [0.25, 0.3) is 0 Å². The van der Waals surface area contributed by atoms with Crippen molar-refractivity contribution < 1.29 is 76.8 Å². The summed E-state index contributed by atoms with van der Waals surface area (Å²) in [7, 11) is -13.5. The molecule has 1 aromatic heterocycles. The van der Waals surface area contributed by atoms with E-state index in [2.05, 4.69) is 10.3 Å². The SMILES string of the molecule is CS(=O)(=O)c1nc2ccc(OCNc3cc(S(=O)(=O)[O-])cc(S(=O)(=O)[O-])c3)cc2s1.[Li+].[Li+]. The van der Waals surface area contributed by atoms with Gasteiger partial charge in [0.05, 0.1) is 20.0 Å². The van der Waals surface area contributed by atoms with Crippen LogP contribution in [0.5, 0.6) is 5.75 Å². The first kappa shape index (κ1) is 28.9. The minimum Gasteiger partial charge on any atom is -0.744 e. The third-order valence-corrected chi connectivity index (χ3v) is 7.95. The van der Waals surface area contributed by atoms with E-state index in [1.165, 1.54) is 12.1 Å². The van der Waals surface area contributed by atoms with Crippen LogP contribution >= 0.6 is 11.3 Å². The number of thiazole rings is 1. The number of benzene rings is 2. The largest absolute Gasteiger partial charge is 1.00 e. The Kier molecular flexibility index (Phi) is 9.44. The van der Waals surface area contributed by atoms with Gasteiger partial charge in [0, 0.05) is 11.9 Å². The zero-order valence-corrected chi connectivity index (χ0v) is 20.2. The number of aromatic nitrogens is 1. The van der Waals surface area contributed by atoms with Gasteiger partial charge in [0.15, 0.2) is 6.73 Å². The molecule has 0 spiro atoms. The third kappa shape index (κ3) is 7.20. The number of nitrogens with one attached hydrogen (secondary N) is 1. The third-order valence-electron chi connectivity index (χ3n) is 3.63. The van der Waals surface area contributed by atoms with Gasteiger partial charge in [-0.2, -0.15) is 0 Å². The Hall–Kier alpha value is -1.11. The normalized spacial score (nSPS) is 12.0. The van der Waals surface area contributed by atoms with Gasteiger partial charge in [-0.15, -0.1) is 11.3 Å². The van der Waals surface area contributed by atoms with Gasteiger partial charge in [-0.05, 0) is 36.4 Å². The average molecular weight is 506 g/mol. The van der Waals surface area contributed by atoms with Gasteiger partial charge in [-0.25, -0.2) is 30.2 Å². The van der Waals surface area contributed by atoms with Crippen molar-refractivity contribution in [3.63, 3.8) is 0 Å². The van der Waals surface area contributed by atoms with Crippen LogP contribution in [0.25, 0.3) is 10.2 Å².